The highest BCUT2D eigenvalue weighted by Gasteiger charge is 2.03. The monoisotopic (exact) mass is 184 g/mol. The summed E-state index contributed by atoms with van der Waals surface area (Å²) in [7, 11) is 0. The van der Waals surface area contributed by atoms with Crippen molar-refractivity contribution < 1.29 is 14.6 Å². The van der Waals surface area contributed by atoms with Gasteiger partial charge in [0.25, 0.3) is 0 Å². The smallest absolute Gasteiger partial charge is 0.341 e. The molecule has 0 aliphatic heterocycles. The van der Waals surface area contributed by atoms with Crippen molar-refractivity contribution in [1.82, 2.24) is 9.78 Å². The third-order valence-electron chi connectivity index (χ3n) is 1.47. The highest BCUT2D eigenvalue weighted by Crippen LogP contribution is 2.11. The first-order valence-corrected chi connectivity index (χ1v) is 3.98. The van der Waals surface area contributed by atoms with E-state index in [0.29, 0.717) is 5.75 Å². The van der Waals surface area contributed by atoms with Crippen LogP contribution in [0.4, 0.5) is 0 Å². The average molecular weight is 184 g/mol. The zero-order chi connectivity index (χ0) is 9.84. The highest BCUT2D eigenvalue weighted by molar-refractivity contribution is 5.68. The minimum Gasteiger partial charge on any atom is -0.479 e. The van der Waals surface area contributed by atoms with Crippen molar-refractivity contribution in [3.8, 4) is 5.75 Å². The lowest BCUT2D eigenvalue weighted by Crippen LogP contribution is -2.09. The third kappa shape index (κ3) is 2.77. The molecule has 0 bridgehead atoms. The molecule has 1 aromatic rings. The van der Waals surface area contributed by atoms with Gasteiger partial charge in [-0.1, -0.05) is 0 Å². The van der Waals surface area contributed by atoms with Crippen molar-refractivity contribution in [2.75, 3.05) is 6.61 Å². The first kappa shape index (κ1) is 9.57. The van der Waals surface area contributed by atoms with Crippen LogP contribution in [-0.4, -0.2) is 27.5 Å². The molecular formula is C8H12N2O3. The van der Waals surface area contributed by atoms with Crippen LogP contribution in [0.25, 0.3) is 0 Å². The first-order chi connectivity index (χ1) is 6.09. The lowest BCUT2D eigenvalue weighted by molar-refractivity contribution is -0.139. The van der Waals surface area contributed by atoms with Crippen LogP contribution in [-0.2, 0) is 4.79 Å². The molecule has 0 radical (unpaired) electrons. The van der Waals surface area contributed by atoms with Crippen LogP contribution < -0.4 is 4.74 Å². The van der Waals surface area contributed by atoms with E-state index in [1.807, 2.05) is 13.8 Å². The molecule has 0 unspecified atom stereocenters. The SMILES string of the molecule is CC(C)n1cc(OCC(=O)O)cn1. The zero-order valence-electron chi connectivity index (χ0n) is 7.60. The summed E-state index contributed by atoms with van der Waals surface area (Å²) in [5.74, 6) is -0.506. The van der Waals surface area contributed by atoms with Gasteiger partial charge in [-0.2, -0.15) is 5.10 Å². The van der Waals surface area contributed by atoms with Crippen molar-refractivity contribution in [1.29, 1.82) is 0 Å². The predicted molar refractivity (Wildman–Crippen MR) is 45.7 cm³/mol. The Kier molecular flexibility index (Phi) is 2.89. The second kappa shape index (κ2) is 3.93. The van der Waals surface area contributed by atoms with Gasteiger partial charge in [0.05, 0.1) is 12.4 Å². The van der Waals surface area contributed by atoms with Crippen molar-refractivity contribution in [2.45, 2.75) is 19.9 Å². The number of hydrogen-bond donors (Lipinski definition) is 1. The third-order valence-corrected chi connectivity index (χ3v) is 1.47. The summed E-state index contributed by atoms with van der Waals surface area (Å²) in [6, 6.07) is 0.252. The quantitative estimate of drug-likeness (QED) is 0.755. The molecule has 0 fully saturated rings. The lowest BCUT2D eigenvalue weighted by Gasteiger charge is -2.02. The van der Waals surface area contributed by atoms with E-state index in [1.54, 1.807) is 10.9 Å². The second-order valence-electron chi connectivity index (χ2n) is 2.93. The van der Waals surface area contributed by atoms with E-state index < -0.39 is 5.97 Å². The minimum absolute atomic E-state index is 0.252. The fraction of sp³-hybridized carbons (Fsp3) is 0.500. The lowest BCUT2D eigenvalue weighted by atomic mass is 10.4. The van der Waals surface area contributed by atoms with Gasteiger partial charge in [-0.25, -0.2) is 4.79 Å². The Labute approximate surface area is 75.9 Å². The minimum atomic E-state index is -0.989. The van der Waals surface area contributed by atoms with Crippen LogP contribution in [0, 0.1) is 0 Å². The van der Waals surface area contributed by atoms with Crippen LogP contribution in [0.15, 0.2) is 12.4 Å². The molecule has 1 heterocycles. The number of rotatable bonds is 4. The van der Waals surface area contributed by atoms with Gasteiger partial charge in [0, 0.05) is 6.04 Å². The summed E-state index contributed by atoms with van der Waals surface area (Å²) < 4.78 is 6.62. The van der Waals surface area contributed by atoms with Gasteiger partial charge in [0.1, 0.15) is 0 Å². The Morgan fingerprint density at radius 2 is 2.46 bits per heavy atom. The van der Waals surface area contributed by atoms with E-state index >= 15 is 0 Å². The molecule has 5 nitrogen and oxygen atoms in total. The van der Waals surface area contributed by atoms with Crippen LogP contribution >= 0.6 is 0 Å². The van der Waals surface area contributed by atoms with Crippen LogP contribution in [0.3, 0.4) is 0 Å². The molecule has 1 rings (SSSR count). The van der Waals surface area contributed by atoms with Gasteiger partial charge in [-0.15, -0.1) is 0 Å². The fourth-order valence-electron chi connectivity index (χ4n) is 0.823. The van der Waals surface area contributed by atoms with Gasteiger partial charge in [-0.3, -0.25) is 4.68 Å². The van der Waals surface area contributed by atoms with E-state index in [4.69, 9.17) is 9.84 Å². The molecule has 0 aliphatic rings. The normalized spacial score (nSPS) is 10.4. The van der Waals surface area contributed by atoms with Crippen molar-refractivity contribution in [3.63, 3.8) is 0 Å². The molecule has 0 spiro atoms. The van der Waals surface area contributed by atoms with Gasteiger partial charge in [0.15, 0.2) is 12.4 Å². The van der Waals surface area contributed by atoms with Crippen molar-refractivity contribution in [3.05, 3.63) is 12.4 Å². The summed E-state index contributed by atoms with van der Waals surface area (Å²) in [4.78, 5) is 10.2. The first-order valence-electron chi connectivity index (χ1n) is 3.98. The van der Waals surface area contributed by atoms with E-state index in [2.05, 4.69) is 5.10 Å². The van der Waals surface area contributed by atoms with E-state index in [1.165, 1.54) is 6.20 Å². The molecule has 0 atom stereocenters. The Morgan fingerprint density at radius 1 is 1.77 bits per heavy atom. The molecule has 0 saturated heterocycles. The summed E-state index contributed by atoms with van der Waals surface area (Å²) in [5, 5.41) is 12.3. The number of carbonyl (C=O) groups is 1. The number of aliphatic carboxylic acids is 1. The van der Waals surface area contributed by atoms with Gasteiger partial charge >= 0.3 is 5.97 Å². The largest absolute Gasteiger partial charge is 0.479 e. The summed E-state index contributed by atoms with van der Waals surface area (Å²) in [6.07, 6.45) is 3.18. The highest BCUT2D eigenvalue weighted by atomic mass is 16.5. The summed E-state index contributed by atoms with van der Waals surface area (Å²) in [5.41, 5.74) is 0. The second-order valence-corrected chi connectivity index (χ2v) is 2.93. The molecule has 1 N–H and O–H groups in total. The molecule has 0 amide bonds. The van der Waals surface area contributed by atoms with Crippen LogP contribution in [0.1, 0.15) is 19.9 Å². The molecule has 1 aromatic heterocycles. The van der Waals surface area contributed by atoms with E-state index in [0.717, 1.165) is 0 Å². The van der Waals surface area contributed by atoms with Crippen LogP contribution in [0.2, 0.25) is 0 Å². The Morgan fingerprint density at radius 3 is 2.92 bits per heavy atom. The number of nitrogens with zero attached hydrogens (tertiary/aromatic N) is 2. The predicted octanol–water partition coefficient (Wildman–Crippen LogP) is 0.927. The molecule has 0 aromatic carbocycles. The standard InChI is InChI=1S/C8H12N2O3/c1-6(2)10-4-7(3-9-10)13-5-8(11)12/h3-4,6H,5H2,1-2H3,(H,11,12). The summed E-state index contributed by atoms with van der Waals surface area (Å²) >= 11 is 0. The van der Waals surface area contributed by atoms with Gasteiger partial charge in [0.2, 0.25) is 0 Å². The number of hydrogen-bond acceptors (Lipinski definition) is 3. The number of ether oxygens (including phenoxy) is 1. The van der Waals surface area contributed by atoms with Gasteiger partial charge < -0.3 is 9.84 Å². The zero-order valence-corrected chi connectivity index (χ0v) is 7.60. The molecule has 0 saturated carbocycles. The van der Waals surface area contributed by atoms with E-state index in [9.17, 15) is 4.79 Å². The Hall–Kier alpha value is -1.52. The maximum absolute atomic E-state index is 10.2. The number of carboxylic acids is 1. The summed E-state index contributed by atoms with van der Waals surface area (Å²) in [6.45, 7) is 3.63. The Bertz CT molecular complexity index is 293. The number of aromatic nitrogens is 2. The van der Waals surface area contributed by atoms with Crippen molar-refractivity contribution >= 4 is 5.97 Å². The average Bonchev–Trinajstić information content (AvgIpc) is 2.48. The topological polar surface area (TPSA) is 64.3 Å². The molecule has 13 heavy (non-hydrogen) atoms. The maximum atomic E-state index is 10.2. The van der Waals surface area contributed by atoms with Crippen LogP contribution in [0.5, 0.6) is 5.75 Å². The molecule has 72 valence electrons. The Balaban J connectivity index is 2.54. The molecule has 5 heteroatoms. The van der Waals surface area contributed by atoms with E-state index in [-0.39, 0.29) is 12.6 Å². The number of carboxylic acid groups (broad SMARTS) is 1. The van der Waals surface area contributed by atoms with Crippen molar-refractivity contribution in [2.24, 2.45) is 0 Å². The molecular weight excluding hydrogens is 172 g/mol. The molecule has 0 aliphatic carbocycles. The maximum Gasteiger partial charge on any atom is 0.341 e. The van der Waals surface area contributed by atoms with Gasteiger partial charge in [-0.05, 0) is 13.8 Å². The fourth-order valence-corrected chi connectivity index (χ4v) is 0.823.